The molecule has 0 spiro atoms. The summed E-state index contributed by atoms with van der Waals surface area (Å²) in [6.45, 7) is 0.875. The van der Waals surface area contributed by atoms with Crippen LogP contribution >= 0.6 is 0 Å². The molecule has 0 saturated carbocycles. The average molecular weight is 370 g/mol. The Hall–Kier alpha value is -0.440. The second-order valence-corrected chi connectivity index (χ2v) is 6.00. The van der Waals surface area contributed by atoms with E-state index in [9.17, 15) is 30.6 Å². The molecular formula is C14H26O11. The molecule has 148 valence electrons. The Morgan fingerprint density at radius 2 is 1.16 bits per heavy atom. The van der Waals surface area contributed by atoms with Crippen LogP contribution in [0.15, 0.2) is 0 Å². The van der Waals surface area contributed by atoms with Crippen molar-refractivity contribution in [1.82, 2.24) is 0 Å². The van der Waals surface area contributed by atoms with E-state index >= 15 is 0 Å². The number of aliphatic hydroxyl groups excluding tert-OH is 7. The van der Waals surface area contributed by atoms with Crippen LogP contribution < -0.4 is 0 Å². The van der Waals surface area contributed by atoms with Gasteiger partial charge in [0.05, 0.1) is 13.2 Å². The van der Waals surface area contributed by atoms with E-state index in [0.29, 0.717) is 0 Å². The molecule has 2 saturated heterocycles. The van der Waals surface area contributed by atoms with E-state index in [4.69, 9.17) is 24.1 Å². The molecule has 0 bridgehead atoms. The molecule has 2 aliphatic rings. The lowest BCUT2D eigenvalue weighted by atomic mass is 9.98. The molecule has 0 aromatic carbocycles. The van der Waals surface area contributed by atoms with E-state index in [1.165, 1.54) is 0 Å². The highest BCUT2D eigenvalue weighted by molar-refractivity contribution is 4.91. The molecule has 0 amide bonds. The summed E-state index contributed by atoms with van der Waals surface area (Å²) in [5, 5.41) is 68.0. The van der Waals surface area contributed by atoms with Gasteiger partial charge < -0.3 is 54.7 Å². The Morgan fingerprint density at radius 3 is 1.68 bits per heavy atom. The third-order valence-corrected chi connectivity index (χ3v) is 4.27. The van der Waals surface area contributed by atoms with E-state index in [0.717, 1.165) is 0 Å². The maximum absolute atomic E-state index is 9.98. The molecule has 11 nitrogen and oxygen atoms in total. The van der Waals surface area contributed by atoms with Gasteiger partial charge in [0.1, 0.15) is 48.8 Å². The maximum Gasteiger partial charge on any atom is 0.186 e. The van der Waals surface area contributed by atoms with E-state index in [-0.39, 0.29) is 13.2 Å². The van der Waals surface area contributed by atoms with Crippen molar-refractivity contribution in [3.8, 4) is 0 Å². The normalized spacial score (nSPS) is 48.5. The van der Waals surface area contributed by atoms with Gasteiger partial charge in [-0.1, -0.05) is 0 Å². The molecule has 25 heavy (non-hydrogen) atoms. The number of hydrogen-bond donors (Lipinski definition) is 7. The first kappa shape index (κ1) is 20.9. The van der Waals surface area contributed by atoms with Gasteiger partial charge in [-0.3, -0.25) is 0 Å². The fraction of sp³-hybridized carbons (Fsp3) is 1.00. The molecule has 2 rings (SSSR count). The van der Waals surface area contributed by atoms with Crippen LogP contribution in [0.25, 0.3) is 0 Å². The summed E-state index contributed by atoms with van der Waals surface area (Å²) in [6, 6.07) is 0. The largest absolute Gasteiger partial charge is 0.394 e. The zero-order valence-corrected chi connectivity index (χ0v) is 13.7. The van der Waals surface area contributed by atoms with Crippen LogP contribution in [0, 0.1) is 0 Å². The highest BCUT2D eigenvalue weighted by atomic mass is 16.7. The second kappa shape index (κ2) is 8.97. The van der Waals surface area contributed by atoms with Crippen molar-refractivity contribution in [2.75, 3.05) is 19.8 Å². The Kier molecular flexibility index (Phi) is 7.49. The molecule has 2 heterocycles. The zero-order valence-electron chi connectivity index (χ0n) is 13.7. The number of hydrogen-bond acceptors (Lipinski definition) is 11. The molecule has 0 unspecified atom stereocenters. The summed E-state index contributed by atoms with van der Waals surface area (Å²) in [4.78, 5) is 0. The summed E-state index contributed by atoms with van der Waals surface area (Å²) in [7, 11) is 0. The van der Waals surface area contributed by atoms with Crippen molar-refractivity contribution in [3.05, 3.63) is 0 Å². The van der Waals surface area contributed by atoms with Gasteiger partial charge in [-0.2, -0.15) is 0 Å². The summed E-state index contributed by atoms with van der Waals surface area (Å²) in [6.07, 6.45) is -14.0. The predicted octanol–water partition coefficient (Wildman–Crippen LogP) is -4.35. The summed E-state index contributed by atoms with van der Waals surface area (Å²) in [5.41, 5.74) is 0. The van der Waals surface area contributed by atoms with Gasteiger partial charge in [0.2, 0.25) is 0 Å². The molecule has 2 aliphatic heterocycles. The first-order chi connectivity index (χ1) is 11.8. The Labute approximate surface area is 143 Å². The molecular weight excluding hydrogens is 344 g/mol. The van der Waals surface area contributed by atoms with Crippen molar-refractivity contribution >= 4 is 0 Å². The monoisotopic (exact) mass is 370 g/mol. The highest BCUT2D eigenvalue weighted by Crippen LogP contribution is 2.25. The molecule has 0 radical (unpaired) electrons. The van der Waals surface area contributed by atoms with Crippen LogP contribution in [-0.4, -0.2) is 117 Å². The van der Waals surface area contributed by atoms with Crippen molar-refractivity contribution in [2.45, 2.75) is 68.3 Å². The minimum absolute atomic E-state index is 0.199. The Morgan fingerprint density at radius 1 is 0.680 bits per heavy atom. The SMILES string of the molecule is CCO[C@H]1O[C@H](CO[C@H]2O[C@H](CO)[C@@H](O)[C@H](O)[C@H]2O)[C@@H](O)[C@H](O)[C@H]1O. The smallest absolute Gasteiger partial charge is 0.186 e. The lowest BCUT2D eigenvalue weighted by Gasteiger charge is -2.42. The number of ether oxygens (including phenoxy) is 4. The van der Waals surface area contributed by atoms with Crippen LogP contribution in [0.4, 0.5) is 0 Å². The number of rotatable bonds is 6. The lowest BCUT2D eigenvalue weighted by molar-refractivity contribution is -0.330. The van der Waals surface area contributed by atoms with E-state index in [2.05, 4.69) is 0 Å². The molecule has 11 heteroatoms. The Balaban J connectivity index is 1.96. The highest BCUT2D eigenvalue weighted by Gasteiger charge is 2.47. The van der Waals surface area contributed by atoms with Crippen LogP contribution in [0.2, 0.25) is 0 Å². The van der Waals surface area contributed by atoms with Gasteiger partial charge in [0, 0.05) is 6.61 Å². The van der Waals surface area contributed by atoms with Gasteiger partial charge in [-0.05, 0) is 6.92 Å². The third-order valence-electron chi connectivity index (χ3n) is 4.27. The molecule has 0 aromatic heterocycles. The fourth-order valence-corrected chi connectivity index (χ4v) is 2.75. The van der Waals surface area contributed by atoms with Crippen LogP contribution in [-0.2, 0) is 18.9 Å². The standard InChI is InChI=1S/C14H26O11/c1-2-22-13-11(20)10(19)8(17)6(25-13)4-23-14-12(21)9(18)7(16)5(3-15)24-14/h5-21H,2-4H2,1H3/t5-,6-,7-,8-,9+,10+,11-,12-,13+,14+/m1/s1. The van der Waals surface area contributed by atoms with Crippen molar-refractivity contribution < 1.29 is 54.7 Å². The van der Waals surface area contributed by atoms with Gasteiger partial charge in [-0.25, -0.2) is 0 Å². The number of aliphatic hydroxyl groups is 7. The third kappa shape index (κ3) is 4.46. The predicted molar refractivity (Wildman–Crippen MR) is 78.0 cm³/mol. The topological polar surface area (TPSA) is 179 Å². The summed E-state index contributed by atoms with van der Waals surface area (Å²) in [5.74, 6) is 0. The van der Waals surface area contributed by atoms with Gasteiger partial charge in [-0.15, -0.1) is 0 Å². The molecule has 0 aliphatic carbocycles. The minimum Gasteiger partial charge on any atom is -0.394 e. The summed E-state index contributed by atoms with van der Waals surface area (Å²) < 4.78 is 20.9. The maximum atomic E-state index is 9.98. The quantitative estimate of drug-likeness (QED) is 0.240. The first-order valence-electron chi connectivity index (χ1n) is 8.05. The summed E-state index contributed by atoms with van der Waals surface area (Å²) >= 11 is 0. The van der Waals surface area contributed by atoms with E-state index in [1.54, 1.807) is 6.92 Å². The molecule has 2 fully saturated rings. The van der Waals surface area contributed by atoms with E-state index < -0.39 is 68.0 Å². The van der Waals surface area contributed by atoms with Crippen molar-refractivity contribution in [1.29, 1.82) is 0 Å². The van der Waals surface area contributed by atoms with Gasteiger partial charge in [0.25, 0.3) is 0 Å². The van der Waals surface area contributed by atoms with Gasteiger partial charge >= 0.3 is 0 Å². The minimum atomic E-state index is -1.60. The van der Waals surface area contributed by atoms with E-state index in [1.807, 2.05) is 0 Å². The molecule has 10 atom stereocenters. The van der Waals surface area contributed by atoms with Crippen molar-refractivity contribution in [2.24, 2.45) is 0 Å². The average Bonchev–Trinajstić information content (AvgIpc) is 2.60. The lowest BCUT2D eigenvalue weighted by Crippen LogP contribution is -2.61. The van der Waals surface area contributed by atoms with Crippen molar-refractivity contribution in [3.63, 3.8) is 0 Å². The molecule has 0 aromatic rings. The van der Waals surface area contributed by atoms with Gasteiger partial charge in [0.15, 0.2) is 12.6 Å². The second-order valence-electron chi connectivity index (χ2n) is 6.00. The zero-order chi connectivity index (χ0) is 18.7. The first-order valence-corrected chi connectivity index (χ1v) is 8.05. The fourth-order valence-electron chi connectivity index (χ4n) is 2.75. The van der Waals surface area contributed by atoms with Crippen LogP contribution in [0.5, 0.6) is 0 Å². The Bertz CT molecular complexity index is 408. The van der Waals surface area contributed by atoms with Crippen LogP contribution in [0.1, 0.15) is 6.92 Å². The van der Waals surface area contributed by atoms with Crippen LogP contribution in [0.3, 0.4) is 0 Å². The molecule has 7 N–H and O–H groups in total.